The summed E-state index contributed by atoms with van der Waals surface area (Å²) >= 11 is 0. The fraction of sp³-hybridized carbons (Fsp3) is 0.0625. The molecule has 3 aliphatic rings. The lowest BCUT2D eigenvalue weighted by Crippen LogP contribution is -2.33. The van der Waals surface area contributed by atoms with Crippen LogP contribution in [0.4, 0.5) is 17.1 Å². The first-order chi connectivity index (χ1) is 32.5. The number of nitrogens with zero attached hydrogens (tertiary/aromatic N) is 2. The van der Waals surface area contributed by atoms with E-state index >= 15 is 0 Å². The quantitative estimate of drug-likeness (QED) is 0.168. The van der Waals surface area contributed by atoms with Crippen LogP contribution in [0.5, 0.6) is 0 Å². The maximum absolute atomic E-state index is 2.54. The summed E-state index contributed by atoms with van der Waals surface area (Å²) in [6, 6.07) is 86.5. The van der Waals surface area contributed by atoms with Crippen molar-refractivity contribution in [1.82, 2.24) is 4.57 Å². The van der Waals surface area contributed by atoms with Crippen LogP contribution in [-0.4, -0.2) is 4.57 Å². The number of para-hydroxylation sites is 3. The van der Waals surface area contributed by atoms with Crippen LogP contribution >= 0.6 is 0 Å². The molecule has 14 rings (SSSR count). The van der Waals surface area contributed by atoms with Crippen molar-refractivity contribution in [2.75, 3.05) is 4.90 Å². The van der Waals surface area contributed by atoms with E-state index in [1.54, 1.807) is 0 Å². The molecular formula is C64H44N2. The monoisotopic (exact) mass is 840 g/mol. The van der Waals surface area contributed by atoms with Crippen molar-refractivity contribution >= 4 is 38.9 Å². The maximum Gasteiger partial charge on any atom is 0.0755 e. The molecule has 0 saturated heterocycles. The van der Waals surface area contributed by atoms with Gasteiger partial charge in [0, 0.05) is 33.1 Å². The van der Waals surface area contributed by atoms with E-state index in [1.807, 2.05) is 0 Å². The molecule has 2 heteroatoms. The fourth-order valence-corrected chi connectivity index (χ4v) is 12.3. The molecule has 2 heterocycles. The van der Waals surface area contributed by atoms with Gasteiger partial charge in [0.2, 0.25) is 0 Å². The van der Waals surface area contributed by atoms with Crippen LogP contribution in [0.2, 0.25) is 0 Å². The molecule has 1 aromatic heterocycles. The summed E-state index contributed by atoms with van der Waals surface area (Å²) in [5.74, 6) is 0. The minimum absolute atomic E-state index is 0.167. The van der Waals surface area contributed by atoms with Crippen molar-refractivity contribution in [2.45, 2.75) is 24.7 Å². The van der Waals surface area contributed by atoms with E-state index in [-0.39, 0.29) is 5.41 Å². The molecule has 2 nitrogen and oxygen atoms in total. The van der Waals surface area contributed by atoms with Crippen LogP contribution in [0.25, 0.3) is 72.0 Å². The summed E-state index contributed by atoms with van der Waals surface area (Å²) in [4.78, 5) is 2.54. The summed E-state index contributed by atoms with van der Waals surface area (Å²) in [5, 5.41) is 2.56. The highest BCUT2D eigenvalue weighted by molar-refractivity contribution is 6.13. The van der Waals surface area contributed by atoms with E-state index in [1.165, 1.54) is 105 Å². The summed E-state index contributed by atoms with van der Waals surface area (Å²) in [7, 11) is 0. The molecule has 10 aromatic carbocycles. The first-order valence-electron chi connectivity index (χ1n) is 23.2. The standard InChI is InChI=1S/C64H44N2/c1-63(2)53-26-12-9-22-46(53)48-35-33-44(39-57(48)63)65(60-37-32-43(41-18-5-3-6-19-41)38-52(60)42-20-7-4-8-21-42)45-34-36-49-47-23-10-13-27-54(47)64(58(49)40-45)55-28-14-16-31-61(55)66-59-30-15-11-24-50(59)51-25-17-29-56(64)62(51)66/h3-40H,1-2H3. The summed E-state index contributed by atoms with van der Waals surface area (Å²) < 4.78 is 2.53. The lowest BCUT2D eigenvalue weighted by Gasteiger charge is -2.40. The Labute approximate surface area is 385 Å². The van der Waals surface area contributed by atoms with E-state index in [2.05, 4.69) is 254 Å². The van der Waals surface area contributed by atoms with Gasteiger partial charge in [0.1, 0.15) is 0 Å². The van der Waals surface area contributed by atoms with E-state index < -0.39 is 5.41 Å². The number of rotatable bonds is 5. The summed E-state index contributed by atoms with van der Waals surface area (Å²) in [6.07, 6.45) is 0. The molecule has 0 radical (unpaired) electrons. The average Bonchev–Trinajstić information content (AvgIpc) is 3.95. The highest BCUT2D eigenvalue weighted by Crippen LogP contribution is 2.62. The normalized spacial score (nSPS) is 15.6. The molecule has 1 unspecified atom stereocenters. The number of anilines is 3. The Morgan fingerprint density at radius 2 is 0.909 bits per heavy atom. The Kier molecular flexibility index (Phi) is 7.70. The minimum Gasteiger partial charge on any atom is -0.310 e. The molecule has 1 spiro atoms. The second-order valence-corrected chi connectivity index (χ2v) is 18.8. The van der Waals surface area contributed by atoms with Crippen molar-refractivity contribution in [3.8, 4) is 50.2 Å². The average molecular weight is 841 g/mol. The molecule has 1 atom stereocenters. The molecule has 0 N–H and O–H groups in total. The van der Waals surface area contributed by atoms with E-state index in [4.69, 9.17) is 0 Å². The van der Waals surface area contributed by atoms with Crippen LogP contribution in [-0.2, 0) is 10.8 Å². The van der Waals surface area contributed by atoms with Crippen molar-refractivity contribution in [3.05, 3.63) is 264 Å². The summed E-state index contributed by atoms with van der Waals surface area (Å²) in [6.45, 7) is 4.76. The van der Waals surface area contributed by atoms with Crippen LogP contribution in [0.15, 0.2) is 231 Å². The topological polar surface area (TPSA) is 8.17 Å². The van der Waals surface area contributed by atoms with Gasteiger partial charge in [-0.05, 0) is 121 Å². The summed E-state index contributed by atoms with van der Waals surface area (Å²) in [5.41, 5.74) is 24.3. The number of aromatic nitrogens is 1. The number of hydrogen-bond acceptors (Lipinski definition) is 1. The Bertz CT molecular complexity index is 3800. The van der Waals surface area contributed by atoms with Gasteiger partial charge < -0.3 is 9.47 Å². The SMILES string of the molecule is CC1(C)c2ccccc2-c2ccc(N(c3ccc4c(c3)C3(c5ccccc5-4)c4ccccc4-n4c5ccccc5c5cccc3c54)c3ccc(-c4ccccc4)cc3-c3ccccc3)cc21. The maximum atomic E-state index is 2.54. The molecule has 1 aliphatic heterocycles. The van der Waals surface area contributed by atoms with E-state index in [0.29, 0.717) is 0 Å². The lowest BCUT2D eigenvalue weighted by atomic mass is 9.65. The van der Waals surface area contributed by atoms with Gasteiger partial charge in [0.05, 0.1) is 27.8 Å². The van der Waals surface area contributed by atoms with Gasteiger partial charge in [-0.1, -0.05) is 196 Å². The van der Waals surface area contributed by atoms with Crippen molar-refractivity contribution in [2.24, 2.45) is 0 Å². The highest BCUT2D eigenvalue weighted by atomic mass is 15.1. The zero-order valence-electron chi connectivity index (χ0n) is 36.8. The Morgan fingerprint density at radius 1 is 0.348 bits per heavy atom. The lowest BCUT2D eigenvalue weighted by molar-refractivity contribution is 0.660. The minimum atomic E-state index is -0.574. The van der Waals surface area contributed by atoms with Gasteiger partial charge >= 0.3 is 0 Å². The third-order valence-corrected chi connectivity index (χ3v) is 15.2. The molecule has 66 heavy (non-hydrogen) atoms. The van der Waals surface area contributed by atoms with Crippen LogP contribution < -0.4 is 4.90 Å². The predicted octanol–water partition coefficient (Wildman–Crippen LogP) is 16.6. The van der Waals surface area contributed by atoms with E-state index in [9.17, 15) is 0 Å². The molecular weight excluding hydrogens is 797 g/mol. The second-order valence-electron chi connectivity index (χ2n) is 18.8. The van der Waals surface area contributed by atoms with Gasteiger partial charge in [-0.2, -0.15) is 0 Å². The molecule has 310 valence electrons. The fourth-order valence-electron chi connectivity index (χ4n) is 12.3. The largest absolute Gasteiger partial charge is 0.310 e. The number of hydrogen-bond donors (Lipinski definition) is 0. The molecule has 0 fully saturated rings. The number of fused-ring (bicyclic) bond motifs is 15. The first-order valence-corrected chi connectivity index (χ1v) is 23.2. The third-order valence-electron chi connectivity index (χ3n) is 15.2. The molecule has 0 amide bonds. The van der Waals surface area contributed by atoms with Gasteiger partial charge in [-0.3, -0.25) is 0 Å². The Hall–Kier alpha value is -8.20. The Balaban J connectivity index is 1.08. The van der Waals surface area contributed by atoms with Crippen LogP contribution in [0.1, 0.15) is 47.2 Å². The van der Waals surface area contributed by atoms with Gasteiger partial charge in [-0.25, -0.2) is 0 Å². The van der Waals surface area contributed by atoms with Crippen LogP contribution in [0.3, 0.4) is 0 Å². The van der Waals surface area contributed by atoms with E-state index in [0.717, 1.165) is 17.1 Å². The Morgan fingerprint density at radius 3 is 1.68 bits per heavy atom. The molecule has 11 aromatic rings. The van der Waals surface area contributed by atoms with Gasteiger partial charge in [0.25, 0.3) is 0 Å². The van der Waals surface area contributed by atoms with Crippen molar-refractivity contribution in [3.63, 3.8) is 0 Å². The van der Waals surface area contributed by atoms with Gasteiger partial charge in [-0.15, -0.1) is 0 Å². The molecule has 0 bridgehead atoms. The third kappa shape index (κ3) is 4.91. The smallest absolute Gasteiger partial charge is 0.0755 e. The van der Waals surface area contributed by atoms with Crippen LogP contribution in [0, 0.1) is 0 Å². The molecule has 2 aliphatic carbocycles. The zero-order valence-corrected chi connectivity index (χ0v) is 36.8. The first kappa shape index (κ1) is 37.2. The van der Waals surface area contributed by atoms with Crippen molar-refractivity contribution < 1.29 is 0 Å². The second kappa shape index (κ2) is 13.7. The van der Waals surface area contributed by atoms with Gasteiger partial charge in [0.15, 0.2) is 0 Å². The molecule has 0 saturated carbocycles. The van der Waals surface area contributed by atoms with Crippen molar-refractivity contribution in [1.29, 1.82) is 0 Å². The zero-order chi connectivity index (χ0) is 43.7. The predicted molar refractivity (Wildman–Crippen MR) is 275 cm³/mol. The highest BCUT2D eigenvalue weighted by Gasteiger charge is 2.51. The number of benzene rings is 10.